The van der Waals surface area contributed by atoms with Crippen molar-refractivity contribution < 1.29 is 0 Å². The van der Waals surface area contributed by atoms with E-state index in [0.717, 1.165) is 19.5 Å². The first-order chi connectivity index (χ1) is 8.75. The van der Waals surface area contributed by atoms with E-state index in [9.17, 15) is 0 Å². The molecular weight excluding hydrogens is 258 g/mol. The van der Waals surface area contributed by atoms with Gasteiger partial charge >= 0.3 is 0 Å². The van der Waals surface area contributed by atoms with E-state index in [0.29, 0.717) is 6.04 Å². The summed E-state index contributed by atoms with van der Waals surface area (Å²) in [6.07, 6.45) is 5.12. The van der Waals surface area contributed by atoms with Crippen LogP contribution in [0.5, 0.6) is 0 Å². The number of halogens is 1. The Labute approximate surface area is 121 Å². The first kappa shape index (κ1) is 15.7. The van der Waals surface area contributed by atoms with Crippen LogP contribution in [0, 0.1) is 0 Å². The minimum Gasteiger partial charge on any atom is -0.312 e. The summed E-state index contributed by atoms with van der Waals surface area (Å²) in [4.78, 5) is 0. The van der Waals surface area contributed by atoms with Gasteiger partial charge in [-0.2, -0.15) is 5.10 Å². The molecule has 0 unspecified atom stereocenters. The van der Waals surface area contributed by atoms with Crippen molar-refractivity contribution in [3.63, 3.8) is 0 Å². The smallest absolute Gasteiger partial charge is 0.0534 e. The number of hydrogen-bond acceptors (Lipinski definition) is 2. The molecule has 3 nitrogen and oxygen atoms in total. The van der Waals surface area contributed by atoms with Crippen LogP contribution in [0.15, 0.2) is 42.7 Å². The molecule has 0 bridgehead atoms. The average Bonchev–Trinajstić information content (AvgIpc) is 2.85. The van der Waals surface area contributed by atoms with Crippen LogP contribution in [0.1, 0.15) is 31.0 Å². The van der Waals surface area contributed by atoms with Gasteiger partial charge in [0, 0.05) is 24.3 Å². The number of hydrogen-bond donors (Lipinski definition) is 1. The lowest BCUT2D eigenvalue weighted by atomic mass is 10.1. The van der Waals surface area contributed by atoms with Crippen LogP contribution in [-0.4, -0.2) is 16.3 Å². The molecule has 1 N–H and O–H groups in total. The molecule has 0 aliphatic rings. The molecule has 104 valence electrons. The van der Waals surface area contributed by atoms with Crippen molar-refractivity contribution in [2.45, 2.75) is 32.9 Å². The van der Waals surface area contributed by atoms with Crippen LogP contribution in [-0.2, 0) is 13.0 Å². The van der Waals surface area contributed by atoms with Crippen LogP contribution in [0.25, 0.3) is 0 Å². The molecule has 0 aliphatic carbocycles. The molecule has 4 heteroatoms. The highest BCUT2D eigenvalue weighted by molar-refractivity contribution is 5.85. The summed E-state index contributed by atoms with van der Waals surface area (Å²) in [6.45, 7) is 6.16. The second-order valence-corrected chi connectivity index (χ2v) is 4.83. The van der Waals surface area contributed by atoms with Crippen LogP contribution in [0.2, 0.25) is 0 Å². The van der Waals surface area contributed by atoms with Crippen LogP contribution in [0.4, 0.5) is 0 Å². The summed E-state index contributed by atoms with van der Waals surface area (Å²) in [5.74, 6) is 0. The Kier molecular flexibility index (Phi) is 6.60. The summed E-state index contributed by atoms with van der Waals surface area (Å²) < 4.78 is 1.99. The van der Waals surface area contributed by atoms with E-state index in [-0.39, 0.29) is 12.4 Å². The van der Waals surface area contributed by atoms with Crippen LogP contribution in [0.3, 0.4) is 0 Å². The number of aromatic nitrogens is 2. The van der Waals surface area contributed by atoms with E-state index in [1.807, 2.05) is 10.9 Å². The number of nitrogens with zero attached hydrogens (tertiary/aromatic N) is 2. The van der Waals surface area contributed by atoms with E-state index in [4.69, 9.17) is 0 Å². The second kappa shape index (κ2) is 7.97. The van der Waals surface area contributed by atoms with Gasteiger partial charge < -0.3 is 5.32 Å². The number of nitrogens with one attached hydrogen (secondary N) is 1. The summed E-state index contributed by atoms with van der Waals surface area (Å²) in [5.41, 5.74) is 2.62. The minimum atomic E-state index is 0. The zero-order valence-corrected chi connectivity index (χ0v) is 12.4. The zero-order chi connectivity index (χ0) is 12.8. The van der Waals surface area contributed by atoms with E-state index < -0.39 is 0 Å². The molecule has 0 radical (unpaired) electrons. The van der Waals surface area contributed by atoms with Gasteiger partial charge in [0.15, 0.2) is 0 Å². The Hall–Kier alpha value is -1.32. The van der Waals surface area contributed by atoms with Crippen molar-refractivity contribution in [3.05, 3.63) is 53.9 Å². The van der Waals surface area contributed by atoms with Gasteiger partial charge in [0.05, 0.1) is 6.20 Å². The fourth-order valence-electron chi connectivity index (χ4n) is 1.86. The van der Waals surface area contributed by atoms with E-state index in [2.05, 4.69) is 60.8 Å². The summed E-state index contributed by atoms with van der Waals surface area (Å²) >= 11 is 0. The van der Waals surface area contributed by atoms with Gasteiger partial charge in [-0.3, -0.25) is 4.68 Å². The lowest BCUT2D eigenvalue weighted by molar-refractivity contribution is 0.531. The molecule has 0 aliphatic heterocycles. The summed E-state index contributed by atoms with van der Waals surface area (Å²) in [7, 11) is 0. The Bertz CT molecular complexity index is 465. The molecule has 0 atom stereocenters. The van der Waals surface area contributed by atoms with Crippen molar-refractivity contribution >= 4 is 12.4 Å². The lowest BCUT2D eigenvalue weighted by Gasteiger charge is -2.04. The molecule has 0 spiro atoms. The highest BCUT2D eigenvalue weighted by atomic mass is 35.5. The Morgan fingerprint density at radius 2 is 1.89 bits per heavy atom. The molecule has 1 aromatic carbocycles. The standard InChI is InChI=1S/C15H21N3.ClH/c1-13(2)18-12-15(11-17-18)10-16-9-8-14-6-4-3-5-7-14;/h3-7,11-13,16H,8-10H2,1-2H3;1H. The maximum Gasteiger partial charge on any atom is 0.0534 e. The molecule has 0 amide bonds. The maximum absolute atomic E-state index is 4.33. The lowest BCUT2D eigenvalue weighted by Crippen LogP contribution is -2.16. The van der Waals surface area contributed by atoms with Gasteiger partial charge in [-0.05, 0) is 32.4 Å². The monoisotopic (exact) mass is 279 g/mol. The van der Waals surface area contributed by atoms with Gasteiger partial charge in [-0.1, -0.05) is 30.3 Å². The summed E-state index contributed by atoms with van der Waals surface area (Å²) in [6, 6.07) is 11.0. The predicted octanol–water partition coefficient (Wildman–Crippen LogP) is 3.22. The predicted molar refractivity (Wildman–Crippen MR) is 81.7 cm³/mol. The van der Waals surface area contributed by atoms with Gasteiger partial charge in [-0.25, -0.2) is 0 Å². The highest BCUT2D eigenvalue weighted by Crippen LogP contribution is 2.05. The van der Waals surface area contributed by atoms with Crippen molar-refractivity contribution in [2.75, 3.05) is 6.54 Å². The minimum absolute atomic E-state index is 0. The normalized spacial score (nSPS) is 10.5. The van der Waals surface area contributed by atoms with Gasteiger partial charge in [0.2, 0.25) is 0 Å². The Balaban J connectivity index is 0.00000180. The molecule has 1 aromatic heterocycles. The van der Waals surface area contributed by atoms with E-state index in [1.54, 1.807) is 0 Å². The van der Waals surface area contributed by atoms with Crippen molar-refractivity contribution in [1.82, 2.24) is 15.1 Å². The first-order valence-corrected chi connectivity index (χ1v) is 6.53. The molecule has 2 rings (SSSR count). The second-order valence-electron chi connectivity index (χ2n) is 4.83. The third-order valence-corrected chi connectivity index (χ3v) is 2.95. The topological polar surface area (TPSA) is 29.9 Å². The van der Waals surface area contributed by atoms with Gasteiger partial charge in [-0.15, -0.1) is 12.4 Å². The molecule has 0 saturated carbocycles. The van der Waals surface area contributed by atoms with Crippen molar-refractivity contribution in [2.24, 2.45) is 0 Å². The third-order valence-electron chi connectivity index (χ3n) is 2.95. The largest absolute Gasteiger partial charge is 0.312 e. The average molecular weight is 280 g/mol. The molecular formula is C15H22ClN3. The van der Waals surface area contributed by atoms with Crippen LogP contribution < -0.4 is 5.32 Å². The fraction of sp³-hybridized carbons (Fsp3) is 0.400. The molecule has 0 fully saturated rings. The Morgan fingerprint density at radius 3 is 2.53 bits per heavy atom. The third kappa shape index (κ3) is 5.05. The van der Waals surface area contributed by atoms with Crippen LogP contribution >= 0.6 is 12.4 Å². The molecule has 19 heavy (non-hydrogen) atoms. The van der Waals surface area contributed by atoms with Crippen molar-refractivity contribution in [1.29, 1.82) is 0 Å². The fourth-order valence-corrected chi connectivity index (χ4v) is 1.86. The highest BCUT2D eigenvalue weighted by Gasteiger charge is 2.01. The number of benzene rings is 1. The molecule has 2 aromatic rings. The Morgan fingerprint density at radius 1 is 1.16 bits per heavy atom. The zero-order valence-electron chi connectivity index (χ0n) is 11.5. The first-order valence-electron chi connectivity index (χ1n) is 6.53. The molecule has 0 saturated heterocycles. The quantitative estimate of drug-likeness (QED) is 0.823. The van der Waals surface area contributed by atoms with Gasteiger partial charge in [0.25, 0.3) is 0 Å². The number of rotatable bonds is 6. The van der Waals surface area contributed by atoms with Crippen molar-refractivity contribution in [3.8, 4) is 0 Å². The SMILES string of the molecule is CC(C)n1cc(CNCCc2ccccc2)cn1.Cl. The molecule has 1 heterocycles. The summed E-state index contributed by atoms with van der Waals surface area (Å²) in [5, 5.41) is 7.78. The maximum atomic E-state index is 4.33. The van der Waals surface area contributed by atoms with E-state index >= 15 is 0 Å². The van der Waals surface area contributed by atoms with Gasteiger partial charge in [0.1, 0.15) is 0 Å². The van der Waals surface area contributed by atoms with E-state index in [1.165, 1.54) is 11.1 Å².